The lowest BCUT2D eigenvalue weighted by atomic mass is 10.1. The standard InChI is InChI=1S/C20H30N4O3/c1-20(2,3)27-19(26)23-10-8-22(9-11-23)16-4-6-17(7-5-16)24-14-15(13-21)12-18(24)25/h4-7,15H,8-14,21H2,1-3H3. The fourth-order valence-corrected chi connectivity index (χ4v) is 3.51. The molecule has 2 heterocycles. The number of hydrogen-bond donors (Lipinski definition) is 1. The molecule has 3 rings (SSSR count). The molecule has 148 valence electrons. The van der Waals surface area contributed by atoms with Gasteiger partial charge in [-0.25, -0.2) is 4.79 Å². The summed E-state index contributed by atoms with van der Waals surface area (Å²) in [6, 6.07) is 8.07. The molecule has 0 bridgehead atoms. The number of piperazine rings is 1. The van der Waals surface area contributed by atoms with Crippen molar-refractivity contribution in [3.63, 3.8) is 0 Å². The topological polar surface area (TPSA) is 79.1 Å². The van der Waals surface area contributed by atoms with Crippen molar-refractivity contribution >= 4 is 23.4 Å². The van der Waals surface area contributed by atoms with Crippen molar-refractivity contribution in [2.45, 2.75) is 32.8 Å². The van der Waals surface area contributed by atoms with Crippen molar-refractivity contribution < 1.29 is 14.3 Å². The van der Waals surface area contributed by atoms with Gasteiger partial charge in [-0.3, -0.25) is 4.79 Å². The molecule has 2 fully saturated rings. The summed E-state index contributed by atoms with van der Waals surface area (Å²) >= 11 is 0. The van der Waals surface area contributed by atoms with E-state index in [-0.39, 0.29) is 17.9 Å². The number of carbonyl (C=O) groups is 2. The van der Waals surface area contributed by atoms with Crippen molar-refractivity contribution in [3.05, 3.63) is 24.3 Å². The summed E-state index contributed by atoms with van der Waals surface area (Å²) in [6.07, 6.45) is 0.282. The summed E-state index contributed by atoms with van der Waals surface area (Å²) < 4.78 is 5.44. The van der Waals surface area contributed by atoms with E-state index in [9.17, 15) is 9.59 Å². The number of anilines is 2. The first kappa shape index (κ1) is 19.5. The molecule has 0 radical (unpaired) electrons. The Kier molecular flexibility index (Phi) is 5.60. The Morgan fingerprint density at radius 2 is 1.70 bits per heavy atom. The Morgan fingerprint density at radius 1 is 1.11 bits per heavy atom. The molecule has 0 spiro atoms. The zero-order valence-electron chi connectivity index (χ0n) is 16.5. The lowest BCUT2D eigenvalue weighted by Crippen LogP contribution is -2.50. The first-order valence-corrected chi connectivity index (χ1v) is 9.60. The van der Waals surface area contributed by atoms with E-state index in [0.717, 1.165) is 24.5 Å². The number of carbonyl (C=O) groups excluding carboxylic acids is 2. The van der Waals surface area contributed by atoms with Gasteiger partial charge in [0.25, 0.3) is 0 Å². The van der Waals surface area contributed by atoms with E-state index < -0.39 is 5.60 Å². The molecule has 1 unspecified atom stereocenters. The molecule has 2 saturated heterocycles. The van der Waals surface area contributed by atoms with Gasteiger partial charge in [0.05, 0.1) is 0 Å². The van der Waals surface area contributed by atoms with Crippen molar-refractivity contribution in [2.24, 2.45) is 11.7 Å². The zero-order valence-corrected chi connectivity index (χ0v) is 16.5. The van der Waals surface area contributed by atoms with E-state index in [1.165, 1.54) is 0 Å². The number of amides is 2. The second kappa shape index (κ2) is 7.76. The van der Waals surface area contributed by atoms with Crippen LogP contribution < -0.4 is 15.5 Å². The van der Waals surface area contributed by atoms with Crippen LogP contribution in [0.15, 0.2) is 24.3 Å². The minimum atomic E-state index is -0.472. The van der Waals surface area contributed by atoms with Gasteiger partial charge in [-0.2, -0.15) is 0 Å². The number of nitrogens with zero attached hydrogens (tertiary/aromatic N) is 3. The fraction of sp³-hybridized carbons (Fsp3) is 0.600. The van der Waals surface area contributed by atoms with Crippen LogP contribution >= 0.6 is 0 Å². The van der Waals surface area contributed by atoms with Crippen LogP contribution in [-0.2, 0) is 9.53 Å². The predicted octanol–water partition coefficient (Wildman–Crippen LogP) is 2.06. The summed E-state index contributed by atoms with van der Waals surface area (Å²) in [5.41, 5.74) is 7.25. The molecular weight excluding hydrogens is 344 g/mol. The predicted molar refractivity (Wildman–Crippen MR) is 106 cm³/mol. The van der Waals surface area contributed by atoms with Gasteiger partial charge in [0.2, 0.25) is 5.91 Å². The Morgan fingerprint density at radius 3 is 2.22 bits per heavy atom. The first-order chi connectivity index (χ1) is 12.8. The van der Waals surface area contributed by atoms with Crippen LogP contribution in [0.5, 0.6) is 0 Å². The van der Waals surface area contributed by atoms with Crippen LogP contribution in [0.1, 0.15) is 27.2 Å². The summed E-state index contributed by atoms with van der Waals surface area (Å²) in [7, 11) is 0. The van der Waals surface area contributed by atoms with E-state index in [4.69, 9.17) is 10.5 Å². The second-order valence-corrected chi connectivity index (χ2v) is 8.28. The van der Waals surface area contributed by atoms with E-state index >= 15 is 0 Å². The average Bonchev–Trinajstić information content (AvgIpc) is 3.01. The quantitative estimate of drug-likeness (QED) is 0.876. The SMILES string of the molecule is CC(C)(C)OC(=O)N1CCN(c2ccc(N3CC(CN)CC3=O)cc2)CC1. The van der Waals surface area contributed by atoms with E-state index in [1.54, 1.807) is 4.90 Å². The summed E-state index contributed by atoms with van der Waals surface area (Å²) in [6.45, 7) is 9.67. The second-order valence-electron chi connectivity index (χ2n) is 8.28. The first-order valence-electron chi connectivity index (χ1n) is 9.60. The number of hydrogen-bond acceptors (Lipinski definition) is 5. The average molecular weight is 374 g/mol. The molecule has 2 N–H and O–H groups in total. The van der Waals surface area contributed by atoms with Gasteiger partial charge in [0.15, 0.2) is 0 Å². The smallest absolute Gasteiger partial charge is 0.410 e. The Labute approximate surface area is 161 Å². The normalized spacial score (nSPS) is 21.0. The molecule has 1 atom stereocenters. The van der Waals surface area contributed by atoms with Gasteiger partial charge in [-0.05, 0) is 57.5 Å². The summed E-state index contributed by atoms with van der Waals surface area (Å²) in [5.74, 6) is 0.391. The van der Waals surface area contributed by atoms with Gasteiger partial charge in [0, 0.05) is 50.5 Å². The van der Waals surface area contributed by atoms with Crippen LogP contribution in [-0.4, -0.2) is 61.8 Å². The molecule has 2 aliphatic rings. The van der Waals surface area contributed by atoms with Gasteiger partial charge >= 0.3 is 6.09 Å². The highest BCUT2D eigenvalue weighted by Gasteiger charge is 2.30. The molecule has 7 nitrogen and oxygen atoms in total. The Bertz CT molecular complexity index is 675. The van der Waals surface area contributed by atoms with Gasteiger partial charge in [-0.1, -0.05) is 0 Å². The number of ether oxygens (including phenoxy) is 1. The molecule has 7 heteroatoms. The molecule has 0 aliphatic carbocycles. The van der Waals surface area contributed by atoms with Crippen LogP contribution in [0.2, 0.25) is 0 Å². The maximum atomic E-state index is 12.2. The number of nitrogens with two attached hydrogens (primary N) is 1. The third kappa shape index (κ3) is 4.71. The van der Waals surface area contributed by atoms with Gasteiger partial charge in [0.1, 0.15) is 5.60 Å². The molecule has 0 saturated carbocycles. The fourth-order valence-electron chi connectivity index (χ4n) is 3.51. The maximum absolute atomic E-state index is 12.2. The highest BCUT2D eigenvalue weighted by Crippen LogP contribution is 2.27. The van der Waals surface area contributed by atoms with Crippen molar-refractivity contribution in [2.75, 3.05) is 49.1 Å². The highest BCUT2D eigenvalue weighted by atomic mass is 16.6. The van der Waals surface area contributed by atoms with Crippen molar-refractivity contribution in [1.29, 1.82) is 0 Å². The summed E-state index contributed by atoms with van der Waals surface area (Å²) in [4.78, 5) is 30.1. The lowest BCUT2D eigenvalue weighted by Gasteiger charge is -2.36. The van der Waals surface area contributed by atoms with E-state index in [2.05, 4.69) is 4.90 Å². The highest BCUT2D eigenvalue weighted by molar-refractivity contribution is 5.95. The Balaban J connectivity index is 1.56. The van der Waals surface area contributed by atoms with Crippen LogP contribution in [0, 0.1) is 5.92 Å². The summed E-state index contributed by atoms with van der Waals surface area (Å²) in [5, 5.41) is 0. The monoisotopic (exact) mass is 374 g/mol. The molecule has 1 aromatic carbocycles. The third-order valence-corrected chi connectivity index (χ3v) is 5.00. The van der Waals surface area contributed by atoms with Crippen LogP contribution in [0.3, 0.4) is 0 Å². The molecular formula is C20H30N4O3. The third-order valence-electron chi connectivity index (χ3n) is 5.00. The van der Waals surface area contributed by atoms with Crippen LogP contribution in [0.4, 0.5) is 16.2 Å². The maximum Gasteiger partial charge on any atom is 0.410 e. The van der Waals surface area contributed by atoms with Crippen molar-refractivity contribution in [3.8, 4) is 0 Å². The number of benzene rings is 1. The molecule has 0 aromatic heterocycles. The minimum absolute atomic E-state index is 0.143. The van der Waals surface area contributed by atoms with E-state index in [0.29, 0.717) is 32.6 Å². The van der Waals surface area contributed by atoms with Crippen LogP contribution in [0.25, 0.3) is 0 Å². The molecule has 2 amide bonds. The van der Waals surface area contributed by atoms with Gasteiger partial charge in [-0.15, -0.1) is 0 Å². The van der Waals surface area contributed by atoms with E-state index in [1.807, 2.05) is 49.9 Å². The van der Waals surface area contributed by atoms with Gasteiger partial charge < -0.3 is 25.2 Å². The zero-order chi connectivity index (χ0) is 19.6. The molecule has 1 aromatic rings. The molecule has 2 aliphatic heterocycles. The molecule has 27 heavy (non-hydrogen) atoms. The van der Waals surface area contributed by atoms with Crippen molar-refractivity contribution in [1.82, 2.24) is 4.90 Å². The largest absolute Gasteiger partial charge is 0.444 e. The minimum Gasteiger partial charge on any atom is -0.444 e. The number of rotatable bonds is 3. The lowest BCUT2D eigenvalue weighted by molar-refractivity contribution is -0.117. The Hall–Kier alpha value is -2.28.